The molecule has 6 nitrogen and oxygen atoms in total. The number of likely N-dealkylation sites (N-methyl/N-ethyl adjacent to an activating group) is 1. The van der Waals surface area contributed by atoms with Gasteiger partial charge in [0.2, 0.25) is 5.95 Å². The molecule has 0 bridgehead atoms. The van der Waals surface area contributed by atoms with Crippen molar-refractivity contribution in [2.24, 2.45) is 5.92 Å². The summed E-state index contributed by atoms with van der Waals surface area (Å²) in [5.41, 5.74) is -0.675. The van der Waals surface area contributed by atoms with E-state index in [1.54, 1.807) is 0 Å². The van der Waals surface area contributed by atoms with Gasteiger partial charge in [-0.3, -0.25) is 15.0 Å². The van der Waals surface area contributed by atoms with Crippen LogP contribution in [0, 0.1) is 5.92 Å². The van der Waals surface area contributed by atoms with E-state index in [0.29, 0.717) is 18.5 Å². The van der Waals surface area contributed by atoms with Crippen LogP contribution in [0.3, 0.4) is 0 Å². The SMILES string of the molecule is CCN(CC)C1Cn2nc(NC(=O)c3ccc(C(F)(F)F)cc3)nc2CC1C. The quantitative estimate of drug-likeness (QED) is 0.842. The Labute approximate surface area is 161 Å². The van der Waals surface area contributed by atoms with E-state index in [-0.39, 0.29) is 11.5 Å². The zero-order chi connectivity index (χ0) is 20.5. The van der Waals surface area contributed by atoms with Crippen LogP contribution >= 0.6 is 0 Å². The number of benzene rings is 1. The number of hydrogen-bond acceptors (Lipinski definition) is 4. The van der Waals surface area contributed by atoms with Gasteiger partial charge in [-0.05, 0) is 43.3 Å². The molecule has 0 saturated heterocycles. The lowest BCUT2D eigenvalue weighted by molar-refractivity contribution is -0.137. The fourth-order valence-electron chi connectivity index (χ4n) is 3.66. The Morgan fingerprint density at radius 3 is 2.46 bits per heavy atom. The minimum absolute atomic E-state index is 0.121. The molecule has 0 spiro atoms. The number of halogens is 3. The summed E-state index contributed by atoms with van der Waals surface area (Å²) < 4.78 is 39.7. The molecule has 152 valence electrons. The van der Waals surface area contributed by atoms with Crippen molar-refractivity contribution in [1.82, 2.24) is 19.7 Å². The molecule has 0 saturated carbocycles. The molecule has 1 aromatic heterocycles. The van der Waals surface area contributed by atoms with Crippen molar-refractivity contribution in [3.05, 3.63) is 41.2 Å². The lowest BCUT2D eigenvalue weighted by atomic mass is 9.93. The minimum atomic E-state index is -4.43. The summed E-state index contributed by atoms with van der Waals surface area (Å²) >= 11 is 0. The largest absolute Gasteiger partial charge is 0.416 e. The number of fused-ring (bicyclic) bond motifs is 1. The summed E-state index contributed by atoms with van der Waals surface area (Å²) in [4.78, 5) is 19.1. The molecule has 1 aliphatic heterocycles. The van der Waals surface area contributed by atoms with Crippen molar-refractivity contribution in [3.63, 3.8) is 0 Å². The smallest absolute Gasteiger partial charge is 0.299 e. The van der Waals surface area contributed by atoms with Gasteiger partial charge in [-0.15, -0.1) is 5.10 Å². The number of nitrogens with one attached hydrogen (secondary N) is 1. The van der Waals surface area contributed by atoms with Gasteiger partial charge in [0.1, 0.15) is 5.82 Å². The van der Waals surface area contributed by atoms with E-state index in [4.69, 9.17) is 0 Å². The van der Waals surface area contributed by atoms with Gasteiger partial charge in [-0.1, -0.05) is 20.8 Å². The van der Waals surface area contributed by atoms with Gasteiger partial charge in [0.05, 0.1) is 12.1 Å². The number of nitrogens with zero attached hydrogens (tertiary/aromatic N) is 4. The molecule has 2 heterocycles. The average molecular weight is 395 g/mol. The standard InChI is InChI=1S/C19H24F3N5O/c1-4-26(5-2)15-11-27-16(10-12(15)3)23-18(25-27)24-17(28)13-6-8-14(9-7-13)19(20,21)22/h6-9,12,15H,4-5,10-11H2,1-3H3,(H,24,25,28). The second kappa shape index (κ2) is 7.90. The van der Waals surface area contributed by atoms with Gasteiger partial charge >= 0.3 is 6.18 Å². The van der Waals surface area contributed by atoms with Crippen LogP contribution in [0.15, 0.2) is 24.3 Å². The van der Waals surface area contributed by atoms with Crippen molar-refractivity contribution in [2.75, 3.05) is 18.4 Å². The monoisotopic (exact) mass is 395 g/mol. The Balaban J connectivity index is 1.72. The van der Waals surface area contributed by atoms with Gasteiger partial charge in [0, 0.05) is 18.0 Å². The summed E-state index contributed by atoms with van der Waals surface area (Å²) in [5.74, 6) is 0.853. The second-order valence-corrected chi connectivity index (χ2v) is 7.03. The van der Waals surface area contributed by atoms with Crippen molar-refractivity contribution < 1.29 is 18.0 Å². The maximum absolute atomic E-state index is 12.6. The van der Waals surface area contributed by atoms with E-state index in [1.165, 1.54) is 0 Å². The number of anilines is 1. The summed E-state index contributed by atoms with van der Waals surface area (Å²) in [6.45, 7) is 9.04. The first kappa shape index (κ1) is 20.3. The fourth-order valence-corrected chi connectivity index (χ4v) is 3.66. The Morgan fingerprint density at radius 2 is 1.89 bits per heavy atom. The first-order valence-corrected chi connectivity index (χ1v) is 9.39. The summed E-state index contributed by atoms with van der Waals surface area (Å²) in [5, 5.41) is 6.96. The van der Waals surface area contributed by atoms with Crippen molar-refractivity contribution >= 4 is 11.9 Å². The molecule has 1 amide bonds. The molecule has 0 radical (unpaired) electrons. The predicted molar refractivity (Wildman–Crippen MR) is 99.0 cm³/mol. The molecule has 0 fully saturated rings. The van der Waals surface area contributed by atoms with Crippen LogP contribution in [0.2, 0.25) is 0 Å². The molecule has 1 aromatic carbocycles. The van der Waals surface area contributed by atoms with Crippen LogP contribution in [0.25, 0.3) is 0 Å². The highest BCUT2D eigenvalue weighted by Crippen LogP contribution is 2.29. The summed E-state index contributed by atoms with van der Waals surface area (Å²) in [6, 6.07) is 4.41. The summed E-state index contributed by atoms with van der Waals surface area (Å²) in [7, 11) is 0. The van der Waals surface area contributed by atoms with Crippen LogP contribution < -0.4 is 5.32 Å². The molecule has 0 aliphatic carbocycles. The summed E-state index contributed by atoms with van der Waals surface area (Å²) in [6.07, 6.45) is -3.68. The number of amides is 1. The van der Waals surface area contributed by atoms with Crippen LogP contribution in [-0.4, -0.2) is 44.7 Å². The van der Waals surface area contributed by atoms with E-state index >= 15 is 0 Å². The molecule has 2 atom stereocenters. The van der Waals surface area contributed by atoms with Crippen LogP contribution in [0.1, 0.15) is 42.5 Å². The fraction of sp³-hybridized carbons (Fsp3) is 0.526. The second-order valence-electron chi connectivity index (χ2n) is 7.03. The first-order valence-electron chi connectivity index (χ1n) is 9.39. The normalized spacial score (nSPS) is 19.5. The molecule has 3 rings (SSSR count). The van der Waals surface area contributed by atoms with Crippen molar-refractivity contribution in [3.8, 4) is 0 Å². The predicted octanol–water partition coefficient (Wildman–Crippen LogP) is 3.45. The number of aromatic nitrogens is 3. The number of hydrogen-bond donors (Lipinski definition) is 1. The van der Waals surface area contributed by atoms with E-state index < -0.39 is 17.6 Å². The van der Waals surface area contributed by atoms with E-state index in [1.807, 2.05) is 4.68 Å². The molecule has 1 N–H and O–H groups in total. The molecule has 9 heteroatoms. The Morgan fingerprint density at radius 1 is 1.25 bits per heavy atom. The Bertz CT molecular complexity index is 827. The third-order valence-electron chi connectivity index (χ3n) is 5.25. The van der Waals surface area contributed by atoms with E-state index in [0.717, 1.165) is 49.6 Å². The van der Waals surface area contributed by atoms with Gasteiger partial charge in [-0.2, -0.15) is 18.2 Å². The number of alkyl halides is 3. The highest BCUT2D eigenvalue weighted by Gasteiger charge is 2.32. The molecule has 28 heavy (non-hydrogen) atoms. The molecular formula is C19H24F3N5O. The first-order chi connectivity index (χ1) is 13.2. The Hall–Kier alpha value is -2.42. The minimum Gasteiger partial charge on any atom is -0.299 e. The maximum atomic E-state index is 12.6. The van der Waals surface area contributed by atoms with Crippen LogP contribution in [-0.2, 0) is 19.1 Å². The molecule has 2 unspecified atom stereocenters. The zero-order valence-corrected chi connectivity index (χ0v) is 16.1. The van der Waals surface area contributed by atoms with Gasteiger partial charge in [0.15, 0.2) is 0 Å². The highest BCUT2D eigenvalue weighted by molar-refractivity contribution is 6.03. The lowest BCUT2D eigenvalue weighted by Gasteiger charge is -2.37. The topological polar surface area (TPSA) is 63.1 Å². The number of rotatable bonds is 5. The lowest BCUT2D eigenvalue weighted by Crippen LogP contribution is -2.46. The average Bonchev–Trinajstić information content (AvgIpc) is 3.03. The van der Waals surface area contributed by atoms with Gasteiger partial charge < -0.3 is 0 Å². The molecular weight excluding hydrogens is 371 g/mol. The zero-order valence-electron chi connectivity index (χ0n) is 16.1. The molecule has 2 aromatic rings. The van der Waals surface area contributed by atoms with Gasteiger partial charge in [0.25, 0.3) is 5.91 Å². The van der Waals surface area contributed by atoms with Crippen molar-refractivity contribution in [1.29, 1.82) is 0 Å². The Kier molecular flexibility index (Phi) is 5.74. The third kappa shape index (κ3) is 4.19. The van der Waals surface area contributed by atoms with Crippen molar-refractivity contribution in [2.45, 2.75) is 46.0 Å². The third-order valence-corrected chi connectivity index (χ3v) is 5.25. The maximum Gasteiger partial charge on any atom is 0.416 e. The number of carbonyl (C=O) groups is 1. The molecule has 1 aliphatic rings. The number of carbonyl (C=O) groups excluding carboxylic acids is 1. The van der Waals surface area contributed by atoms with E-state index in [2.05, 4.69) is 41.1 Å². The van der Waals surface area contributed by atoms with E-state index in [9.17, 15) is 18.0 Å². The van der Waals surface area contributed by atoms with Crippen LogP contribution in [0.5, 0.6) is 0 Å². The van der Waals surface area contributed by atoms with Gasteiger partial charge in [-0.25, -0.2) is 4.68 Å². The highest BCUT2D eigenvalue weighted by atomic mass is 19.4. The van der Waals surface area contributed by atoms with Crippen LogP contribution in [0.4, 0.5) is 19.1 Å².